The largest absolute Gasteiger partial charge is 0.454 e. The molecule has 1 aliphatic carbocycles. The Hall–Kier alpha value is -1.31. The molecule has 110 valence electrons. The second kappa shape index (κ2) is 4.34. The lowest BCUT2D eigenvalue weighted by Gasteiger charge is -2.12. The average Bonchev–Trinajstić information content (AvgIpc) is 2.89. The molecule has 1 aliphatic heterocycles. The second-order valence-electron chi connectivity index (χ2n) is 5.48. The van der Waals surface area contributed by atoms with Gasteiger partial charge >= 0.3 is 0 Å². The first-order valence-electron chi connectivity index (χ1n) is 6.42. The molecule has 2 atom stereocenters. The average molecular weight is 298 g/mol. The van der Waals surface area contributed by atoms with Crippen LogP contribution in [-0.2, 0) is 9.84 Å². The summed E-state index contributed by atoms with van der Waals surface area (Å²) in [5.41, 5.74) is 11.9. The topological polar surface area (TPSA) is 105 Å². The summed E-state index contributed by atoms with van der Waals surface area (Å²) in [5, 5.41) is -0.523. The number of sulfone groups is 1. The Labute approximate surface area is 118 Å². The molecular weight excluding hydrogens is 280 g/mol. The summed E-state index contributed by atoms with van der Waals surface area (Å²) in [6, 6.07) is 5.49. The molecule has 1 aromatic rings. The molecule has 3 rings (SSSR count). The molecule has 0 saturated heterocycles. The van der Waals surface area contributed by atoms with Crippen LogP contribution in [0.25, 0.3) is 0 Å². The molecule has 1 saturated carbocycles. The van der Waals surface area contributed by atoms with Gasteiger partial charge in [0.05, 0.1) is 5.25 Å². The maximum atomic E-state index is 12.0. The predicted molar refractivity (Wildman–Crippen MR) is 74.5 cm³/mol. The lowest BCUT2D eigenvalue weighted by Crippen LogP contribution is -2.31. The van der Waals surface area contributed by atoms with Crippen LogP contribution in [0.15, 0.2) is 18.2 Å². The lowest BCUT2D eigenvalue weighted by atomic mass is 9.99. The predicted octanol–water partition coefficient (Wildman–Crippen LogP) is -0.170. The number of rotatable bonds is 4. The molecule has 0 unspecified atom stereocenters. The lowest BCUT2D eigenvalue weighted by molar-refractivity contribution is 0.174. The van der Waals surface area contributed by atoms with Crippen LogP contribution in [0.3, 0.4) is 0 Å². The van der Waals surface area contributed by atoms with Crippen molar-refractivity contribution < 1.29 is 17.9 Å². The fourth-order valence-electron chi connectivity index (χ4n) is 3.31. The highest BCUT2D eigenvalue weighted by atomic mass is 32.2. The summed E-state index contributed by atoms with van der Waals surface area (Å²) >= 11 is 0. The van der Waals surface area contributed by atoms with Crippen molar-refractivity contribution in [3.63, 3.8) is 0 Å². The van der Waals surface area contributed by atoms with Crippen molar-refractivity contribution >= 4 is 9.84 Å². The van der Waals surface area contributed by atoms with Gasteiger partial charge in [-0.25, -0.2) is 8.42 Å². The minimum atomic E-state index is -3.20. The van der Waals surface area contributed by atoms with Crippen LogP contribution in [0.1, 0.15) is 11.5 Å². The fraction of sp³-hybridized carbons (Fsp3) is 0.538. The number of nitrogens with two attached hydrogens (primary N) is 2. The third-order valence-electron chi connectivity index (χ3n) is 4.36. The van der Waals surface area contributed by atoms with Crippen LogP contribution in [0.4, 0.5) is 0 Å². The van der Waals surface area contributed by atoms with E-state index in [-0.39, 0.29) is 25.8 Å². The Balaban J connectivity index is 2.01. The van der Waals surface area contributed by atoms with Crippen molar-refractivity contribution in [2.24, 2.45) is 16.9 Å². The van der Waals surface area contributed by atoms with Gasteiger partial charge in [-0.2, -0.15) is 0 Å². The number of ether oxygens (including phenoxy) is 2. The van der Waals surface area contributed by atoms with Gasteiger partial charge in [0.15, 0.2) is 21.3 Å². The molecule has 4 N–H and O–H groups in total. The van der Waals surface area contributed by atoms with Crippen LogP contribution in [0.5, 0.6) is 11.5 Å². The summed E-state index contributed by atoms with van der Waals surface area (Å²) in [7, 11) is -3.20. The smallest absolute Gasteiger partial charge is 0.231 e. The molecule has 1 fully saturated rings. The van der Waals surface area contributed by atoms with Crippen molar-refractivity contribution in [3.8, 4) is 11.5 Å². The van der Waals surface area contributed by atoms with E-state index >= 15 is 0 Å². The van der Waals surface area contributed by atoms with Crippen LogP contribution in [0.2, 0.25) is 0 Å². The zero-order valence-electron chi connectivity index (χ0n) is 11.2. The van der Waals surface area contributed by atoms with E-state index < -0.39 is 20.5 Å². The maximum Gasteiger partial charge on any atom is 0.231 e. The summed E-state index contributed by atoms with van der Waals surface area (Å²) in [5.74, 6) is 1.14. The normalized spacial score (nSPS) is 26.6. The molecule has 7 heteroatoms. The molecule has 1 heterocycles. The van der Waals surface area contributed by atoms with E-state index in [1.54, 1.807) is 6.07 Å². The van der Waals surface area contributed by atoms with Crippen molar-refractivity contribution in [2.75, 3.05) is 26.1 Å². The first-order chi connectivity index (χ1) is 9.44. The Morgan fingerprint density at radius 2 is 1.90 bits per heavy atom. The van der Waals surface area contributed by atoms with Crippen molar-refractivity contribution in [3.05, 3.63) is 23.8 Å². The molecular formula is C13H18N2O4S. The van der Waals surface area contributed by atoms with Gasteiger partial charge in [0.2, 0.25) is 6.79 Å². The number of hydrogen-bond acceptors (Lipinski definition) is 6. The Kier molecular flexibility index (Phi) is 2.97. The fourth-order valence-corrected chi connectivity index (χ4v) is 5.35. The second-order valence-corrected chi connectivity index (χ2v) is 7.65. The Morgan fingerprint density at radius 1 is 1.25 bits per heavy atom. The maximum absolute atomic E-state index is 12.0. The summed E-state index contributed by atoms with van der Waals surface area (Å²) < 4.78 is 34.6. The minimum absolute atomic E-state index is 0.179. The Morgan fingerprint density at radius 3 is 2.45 bits per heavy atom. The number of hydrogen-bond donors (Lipinski definition) is 2. The number of benzene rings is 1. The van der Waals surface area contributed by atoms with E-state index in [1.807, 2.05) is 12.1 Å². The monoisotopic (exact) mass is 298 g/mol. The van der Waals surface area contributed by atoms with E-state index in [9.17, 15) is 8.42 Å². The third-order valence-corrected chi connectivity index (χ3v) is 6.02. The standard InChI is InChI=1S/C13H18N2O4S/c1-20(16,17)12-11(13(12,5-14)6-15)8-2-3-9-10(4-8)19-7-18-9/h2-4,11-12H,5-7,14-15H2,1H3/t11-,12+/m1/s1. The molecule has 0 radical (unpaired) electrons. The minimum Gasteiger partial charge on any atom is -0.454 e. The van der Waals surface area contributed by atoms with Gasteiger partial charge in [0.1, 0.15) is 0 Å². The van der Waals surface area contributed by atoms with Crippen LogP contribution >= 0.6 is 0 Å². The van der Waals surface area contributed by atoms with Gasteiger partial charge in [0.25, 0.3) is 0 Å². The van der Waals surface area contributed by atoms with E-state index in [1.165, 1.54) is 6.26 Å². The van der Waals surface area contributed by atoms with Crippen molar-refractivity contribution in [2.45, 2.75) is 11.2 Å². The van der Waals surface area contributed by atoms with Gasteiger partial charge in [-0.05, 0) is 17.7 Å². The van der Waals surface area contributed by atoms with Crippen LogP contribution in [-0.4, -0.2) is 39.8 Å². The zero-order chi connectivity index (χ0) is 14.5. The van der Waals surface area contributed by atoms with Gasteiger partial charge in [-0.15, -0.1) is 0 Å². The van der Waals surface area contributed by atoms with Gasteiger partial charge in [-0.3, -0.25) is 0 Å². The number of fused-ring (bicyclic) bond motifs is 1. The van der Waals surface area contributed by atoms with E-state index in [0.29, 0.717) is 11.5 Å². The van der Waals surface area contributed by atoms with Crippen molar-refractivity contribution in [1.29, 1.82) is 0 Å². The first-order valence-corrected chi connectivity index (χ1v) is 8.38. The van der Waals surface area contributed by atoms with Crippen molar-refractivity contribution in [1.82, 2.24) is 0 Å². The third kappa shape index (κ3) is 1.81. The molecule has 0 amide bonds. The molecule has 20 heavy (non-hydrogen) atoms. The highest BCUT2D eigenvalue weighted by molar-refractivity contribution is 7.91. The quantitative estimate of drug-likeness (QED) is 0.799. The first kappa shape index (κ1) is 13.7. The molecule has 0 bridgehead atoms. The van der Waals surface area contributed by atoms with E-state index in [2.05, 4.69) is 0 Å². The van der Waals surface area contributed by atoms with Gasteiger partial charge < -0.3 is 20.9 Å². The summed E-state index contributed by atoms with van der Waals surface area (Å²) in [4.78, 5) is 0. The molecule has 2 aliphatic rings. The van der Waals surface area contributed by atoms with Gasteiger partial charge in [0, 0.05) is 30.7 Å². The van der Waals surface area contributed by atoms with E-state index in [4.69, 9.17) is 20.9 Å². The molecule has 1 aromatic carbocycles. The van der Waals surface area contributed by atoms with Crippen LogP contribution in [0, 0.1) is 5.41 Å². The van der Waals surface area contributed by atoms with Gasteiger partial charge in [-0.1, -0.05) is 6.07 Å². The summed E-state index contributed by atoms with van der Waals surface area (Å²) in [6.07, 6.45) is 1.24. The Bertz CT molecular complexity index is 640. The molecule has 0 spiro atoms. The molecule has 0 aromatic heterocycles. The highest BCUT2D eigenvalue weighted by Gasteiger charge is 2.68. The SMILES string of the molecule is CS(=O)(=O)[C@H]1[C@@H](c2ccc3c(c2)OCO3)C1(CN)CN. The summed E-state index contributed by atoms with van der Waals surface area (Å²) in [6.45, 7) is 0.693. The molecule has 6 nitrogen and oxygen atoms in total. The highest BCUT2D eigenvalue weighted by Crippen LogP contribution is 2.62. The van der Waals surface area contributed by atoms with E-state index in [0.717, 1.165) is 5.56 Å². The van der Waals surface area contributed by atoms with Crippen LogP contribution < -0.4 is 20.9 Å². The zero-order valence-corrected chi connectivity index (χ0v) is 12.0.